The molecule has 1 saturated heterocycles. The molecule has 0 aromatic rings. The van der Waals surface area contributed by atoms with E-state index in [1.807, 2.05) is 13.8 Å². The second-order valence-corrected chi connectivity index (χ2v) is 4.49. The van der Waals surface area contributed by atoms with Crippen molar-refractivity contribution in [2.45, 2.75) is 26.3 Å². The molecule has 16 heavy (non-hydrogen) atoms. The van der Waals surface area contributed by atoms with Gasteiger partial charge in [-0.15, -0.1) is 0 Å². The van der Waals surface area contributed by atoms with Gasteiger partial charge in [0.25, 0.3) is 0 Å². The van der Waals surface area contributed by atoms with Gasteiger partial charge in [0.1, 0.15) is 0 Å². The van der Waals surface area contributed by atoms with Crippen molar-refractivity contribution in [1.82, 2.24) is 9.80 Å². The van der Waals surface area contributed by atoms with Crippen LogP contribution in [0.15, 0.2) is 0 Å². The van der Waals surface area contributed by atoms with E-state index in [1.165, 1.54) is 0 Å². The molecule has 5 heteroatoms. The van der Waals surface area contributed by atoms with Crippen LogP contribution in [0.25, 0.3) is 0 Å². The fourth-order valence-electron chi connectivity index (χ4n) is 1.65. The highest BCUT2D eigenvalue weighted by Gasteiger charge is 2.29. The van der Waals surface area contributed by atoms with E-state index in [0.717, 1.165) is 6.42 Å². The van der Waals surface area contributed by atoms with Gasteiger partial charge in [-0.25, -0.2) is 0 Å². The maximum absolute atomic E-state index is 12.0. The summed E-state index contributed by atoms with van der Waals surface area (Å²) < 4.78 is 0. The van der Waals surface area contributed by atoms with Gasteiger partial charge in [0, 0.05) is 20.1 Å². The fraction of sp³-hybridized carbons (Fsp3) is 0.818. The number of carbonyl (C=O) groups is 2. The molecular formula is C11H21N3O2. The molecule has 1 fully saturated rings. The third kappa shape index (κ3) is 2.72. The second kappa shape index (κ2) is 5.30. The average molecular weight is 227 g/mol. The van der Waals surface area contributed by atoms with Crippen molar-refractivity contribution in [2.75, 3.05) is 26.7 Å². The Hall–Kier alpha value is -1.10. The van der Waals surface area contributed by atoms with Crippen molar-refractivity contribution in [2.24, 2.45) is 11.7 Å². The van der Waals surface area contributed by atoms with E-state index in [-0.39, 0.29) is 24.3 Å². The summed E-state index contributed by atoms with van der Waals surface area (Å²) in [5.41, 5.74) is 5.87. The number of hydrogen-bond donors (Lipinski definition) is 1. The first-order valence-electron chi connectivity index (χ1n) is 5.75. The monoisotopic (exact) mass is 227 g/mol. The summed E-state index contributed by atoms with van der Waals surface area (Å²) in [5.74, 6) is 0.0361. The summed E-state index contributed by atoms with van der Waals surface area (Å²) in [7, 11) is 1.75. The van der Waals surface area contributed by atoms with Crippen LogP contribution in [0, 0.1) is 5.92 Å². The van der Waals surface area contributed by atoms with Crippen LogP contribution in [0.4, 0.5) is 0 Å². The molecule has 0 aliphatic carbocycles. The van der Waals surface area contributed by atoms with Crippen molar-refractivity contribution < 1.29 is 9.59 Å². The van der Waals surface area contributed by atoms with E-state index in [4.69, 9.17) is 5.73 Å². The first kappa shape index (κ1) is 13.0. The Morgan fingerprint density at radius 2 is 2.12 bits per heavy atom. The zero-order chi connectivity index (χ0) is 12.3. The second-order valence-electron chi connectivity index (χ2n) is 4.49. The molecule has 1 rings (SSSR count). The molecule has 0 radical (unpaired) electrons. The number of amides is 2. The third-order valence-corrected chi connectivity index (χ3v) is 3.31. The van der Waals surface area contributed by atoms with Gasteiger partial charge in [-0.3, -0.25) is 9.59 Å². The Bertz CT molecular complexity index is 280. The molecule has 5 nitrogen and oxygen atoms in total. The van der Waals surface area contributed by atoms with Crippen LogP contribution < -0.4 is 5.73 Å². The SMILES string of the molecule is CCC(C)C(N)C(=O)N1CCN(C)C(=O)C1. The number of likely N-dealkylation sites (N-methyl/N-ethyl adjacent to an activating group) is 1. The summed E-state index contributed by atoms with van der Waals surface area (Å²) in [6.45, 7) is 5.32. The van der Waals surface area contributed by atoms with Crippen LogP contribution in [0.3, 0.4) is 0 Å². The number of nitrogens with zero attached hydrogens (tertiary/aromatic N) is 2. The van der Waals surface area contributed by atoms with Crippen molar-refractivity contribution in [3.05, 3.63) is 0 Å². The molecule has 0 spiro atoms. The molecule has 0 aromatic heterocycles. The largest absolute Gasteiger partial charge is 0.342 e. The Morgan fingerprint density at radius 1 is 1.50 bits per heavy atom. The number of hydrogen-bond acceptors (Lipinski definition) is 3. The van der Waals surface area contributed by atoms with E-state index in [0.29, 0.717) is 13.1 Å². The molecule has 1 heterocycles. The Balaban J connectivity index is 2.58. The maximum Gasteiger partial charge on any atom is 0.241 e. The quantitative estimate of drug-likeness (QED) is 0.717. The highest BCUT2D eigenvalue weighted by molar-refractivity contribution is 5.88. The van der Waals surface area contributed by atoms with Gasteiger partial charge in [0.05, 0.1) is 12.6 Å². The van der Waals surface area contributed by atoms with Gasteiger partial charge < -0.3 is 15.5 Å². The summed E-state index contributed by atoms with van der Waals surface area (Å²) >= 11 is 0. The molecule has 2 amide bonds. The minimum atomic E-state index is -0.485. The van der Waals surface area contributed by atoms with Gasteiger partial charge in [-0.1, -0.05) is 20.3 Å². The topological polar surface area (TPSA) is 66.6 Å². The Labute approximate surface area is 96.6 Å². The molecule has 2 N–H and O–H groups in total. The van der Waals surface area contributed by atoms with Crippen LogP contribution in [0.1, 0.15) is 20.3 Å². The lowest BCUT2D eigenvalue weighted by molar-refractivity contribution is -0.145. The normalized spacial score (nSPS) is 20.9. The van der Waals surface area contributed by atoms with Crippen molar-refractivity contribution in [1.29, 1.82) is 0 Å². The predicted molar refractivity (Wildman–Crippen MR) is 61.6 cm³/mol. The highest BCUT2D eigenvalue weighted by atomic mass is 16.2. The average Bonchev–Trinajstić information content (AvgIpc) is 2.29. The Morgan fingerprint density at radius 3 is 2.62 bits per heavy atom. The minimum absolute atomic E-state index is 0.0176. The summed E-state index contributed by atoms with van der Waals surface area (Å²) in [6.07, 6.45) is 0.870. The zero-order valence-electron chi connectivity index (χ0n) is 10.3. The van der Waals surface area contributed by atoms with Gasteiger partial charge >= 0.3 is 0 Å². The van der Waals surface area contributed by atoms with Gasteiger partial charge in [0.15, 0.2) is 0 Å². The van der Waals surface area contributed by atoms with Crippen LogP contribution in [-0.4, -0.2) is 54.3 Å². The molecule has 0 aromatic carbocycles. The third-order valence-electron chi connectivity index (χ3n) is 3.31. The lowest BCUT2D eigenvalue weighted by Gasteiger charge is -2.34. The van der Waals surface area contributed by atoms with Crippen LogP contribution in [-0.2, 0) is 9.59 Å². The lowest BCUT2D eigenvalue weighted by atomic mass is 9.98. The number of rotatable bonds is 3. The van der Waals surface area contributed by atoms with Gasteiger partial charge in [0.2, 0.25) is 11.8 Å². The molecule has 2 unspecified atom stereocenters. The summed E-state index contributed by atoms with van der Waals surface area (Å²) in [6, 6.07) is -0.485. The van der Waals surface area contributed by atoms with Gasteiger partial charge in [-0.2, -0.15) is 0 Å². The highest BCUT2D eigenvalue weighted by Crippen LogP contribution is 2.10. The molecule has 2 atom stereocenters. The van der Waals surface area contributed by atoms with Crippen molar-refractivity contribution >= 4 is 11.8 Å². The first-order valence-corrected chi connectivity index (χ1v) is 5.75. The Kier molecular flexibility index (Phi) is 4.29. The van der Waals surface area contributed by atoms with Crippen molar-refractivity contribution in [3.63, 3.8) is 0 Å². The lowest BCUT2D eigenvalue weighted by Crippen LogP contribution is -2.55. The van der Waals surface area contributed by atoms with E-state index in [2.05, 4.69) is 0 Å². The van der Waals surface area contributed by atoms with E-state index in [1.54, 1.807) is 16.8 Å². The molecule has 1 aliphatic heterocycles. The van der Waals surface area contributed by atoms with Gasteiger partial charge in [-0.05, 0) is 5.92 Å². The van der Waals surface area contributed by atoms with Crippen molar-refractivity contribution in [3.8, 4) is 0 Å². The molecule has 92 valence electrons. The summed E-state index contributed by atoms with van der Waals surface area (Å²) in [5, 5.41) is 0. The van der Waals surface area contributed by atoms with Crippen LogP contribution in [0.2, 0.25) is 0 Å². The van der Waals surface area contributed by atoms with E-state index in [9.17, 15) is 9.59 Å². The van der Waals surface area contributed by atoms with E-state index < -0.39 is 6.04 Å². The molecule has 0 saturated carbocycles. The smallest absolute Gasteiger partial charge is 0.241 e. The number of nitrogens with two attached hydrogens (primary N) is 1. The van der Waals surface area contributed by atoms with E-state index >= 15 is 0 Å². The molecule has 0 bridgehead atoms. The fourth-order valence-corrected chi connectivity index (χ4v) is 1.65. The van der Waals surface area contributed by atoms with Crippen LogP contribution in [0.5, 0.6) is 0 Å². The molecular weight excluding hydrogens is 206 g/mol. The van der Waals surface area contributed by atoms with Crippen LogP contribution >= 0.6 is 0 Å². The maximum atomic E-state index is 12.0. The minimum Gasteiger partial charge on any atom is -0.342 e. The summed E-state index contributed by atoms with van der Waals surface area (Å²) in [4.78, 5) is 26.6. The standard InChI is InChI=1S/C11H21N3O2/c1-4-8(2)10(12)11(16)14-6-5-13(3)9(15)7-14/h8,10H,4-7,12H2,1-3H3. The molecule has 1 aliphatic rings. The first-order chi connectivity index (χ1) is 7.47. The number of piperazine rings is 1. The predicted octanol–water partition coefficient (Wildman–Crippen LogP) is -0.340. The zero-order valence-corrected chi connectivity index (χ0v) is 10.3. The number of carbonyl (C=O) groups excluding carboxylic acids is 2.